The van der Waals surface area contributed by atoms with Crippen molar-refractivity contribution in [2.24, 2.45) is 0 Å². The van der Waals surface area contributed by atoms with Crippen LogP contribution in [0.5, 0.6) is 0 Å². The van der Waals surface area contributed by atoms with Crippen molar-refractivity contribution < 1.29 is 30.5 Å². The van der Waals surface area contributed by atoms with Gasteiger partial charge < -0.3 is 10.6 Å². The Morgan fingerprint density at radius 2 is 1.43 bits per heavy atom. The molecule has 2 unspecified atom stereocenters. The maximum atomic E-state index is 12.0. The lowest BCUT2D eigenvalue weighted by Gasteiger charge is -2.28. The van der Waals surface area contributed by atoms with E-state index in [0.717, 1.165) is 63.0 Å². The molecule has 0 aromatic heterocycles. The second kappa shape index (κ2) is 16.1. The fraction of sp³-hybridized carbons (Fsp3) is 0.386. The number of hydrogen-bond donors (Lipinski definition) is 3. The Morgan fingerprint density at radius 3 is 2.11 bits per heavy atom. The van der Waals surface area contributed by atoms with E-state index in [1.807, 2.05) is 48.5 Å². The van der Waals surface area contributed by atoms with Crippen LogP contribution in [0.4, 0.5) is 17.1 Å². The summed E-state index contributed by atoms with van der Waals surface area (Å²) in [6.07, 6.45) is 12.1. The number of nitrogen functional groups attached to an aromatic ring is 1. The topological polar surface area (TPSA) is 141 Å². The van der Waals surface area contributed by atoms with Gasteiger partial charge in [-0.25, -0.2) is 0 Å². The maximum absolute atomic E-state index is 12.0. The number of allylic oxidation sites excluding steroid dienone is 7. The van der Waals surface area contributed by atoms with Crippen LogP contribution in [0.15, 0.2) is 124 Å². The zero-order chi connectivity index (χ0) is 40.6. The predicted octanol–water partition coefficient (Wildman–Crippen LogP) is 9.37. The number of anilines is 2. The second-order valence-electron chi connectivity index (χ2n) is 16.2. The number of para-hydroxylation sites is 2. The van der Waals surface area contributed by atoms with E-state index in [1.165, 1.54) is 11.1 Å². The van der Waals surface area contributed by atoms with Crippen LogP contribution in [0, 0.1) is 0 Å². The first-order valence-electron chi connectivity index (χ1n) is 19.2. The molecule has 0 amide bonds. The molecule has 1 aliphatic carbocycles. The van der Waals surface area contributed by atoms with Gasteiger partial charge in [-0.1, -0.05) is 74.2 Å². The first-order chi connectivity index (χ1) is 26.3. The second-order valence-corrected chi connectivity index (χ2v) is 20.9. The third kappa shape index (κ3) is 8.64. The summed E-state index contributed by atoms with van der Waals surface area (Å²) >= 11 is 1.71. The Bertz CT molecular complexity index is 2370. The van der Waals surface area contributed by atoms with E-state index in [-0.39, 0.29) is 23.7 Å². The standard InChI is InChI=1S/C44H53N3O6S3/c1-30(55(48,49)50)26-28-46-38-16-9-7-14-36(38)43(3,4)40(46)24-18-32-12-11-13-33(42(32)54-35-22-20-34(45)21-23-35)19-25-41-44(5,6)37-15-8-10-17-39(37)47(41)29-27-31(2)56(51,52)53/h7-10,14-25,30-31H,11-13,26-29,45H2,1-6H3,(H-,48,49,50,51,52,53)/p+1. The van der Waals surface area contributed by atoms with Gasteiger partial charge in [0.25, 0.3) is 20.2 Å². The van der Waals surface area contributed by atoms with Crippen molar-refractivity contribution in [2.75, 3.05) is 23.7 Å². The van der Waals surface area contributed by atoms with Crippen molar-refractivity contribution in [3.05, 3.63) is 130 Å². The highest BCUT2D eigenvalue weighted by Gasteiger charge is 2.44. The largest absolute Gasteiger partial charge is 0.399 e. The van der Waals surface area contributed by atoms with Gasteiger partial charge in [0, 0.05) is 63.0 Å². The van der Waals surface area contributed by atoms with Crippen LogP contribution in [-0.2, 0) is 31.1 Å². The summed E-state index contributed by atoms with van der Waals surface area (Å²) in [6, 6.07) is 24.4. The predicted molar refractivity (Wildman–Crippen MR) is 230 cm³/mol. The van der Waals surface area contributed by atoms with Gasteiger partial charge in [-0.2, -0.15) is 21.4 Å². The van der Waals surface area contributed by atoms with Crippen LogP contribution in [0.1, 0.15) is 84.8 Å². The van der Waals surface area contributed by atoms with E-state index in [0.29, 0.717) is 18.8 Å². The number of benzene rings is 3. The van der Waals surface area contributed by atoms with Crippen LogP contribution in [-0.4, -0.2) is 59.8 Å². The molecule has 0 saturated carbocycles. The minimum atomic E-state index is -4.16. The molecule has 4 N–H and O–H groups in total. The molecule has 2 atom stereocenters. The third-order valence-electron chi connectivity index (χ3n) is 11.6. The molecule has 0 saturated heterocycles. The molecular formula is C44H54N3O6S3+. The van der Waals surface area contributed by atoms with Crippen LogP contribution in [0.25, 0.3) is 0 Å². The third-order valence-corrected chi connectivity index (χ3v) is 15.3. The minimum Gasteiger partial charge on any atom is -0.399 e. The summed E-state index contributed by atoms with van der Waals surface area (Å²) in [5, 5.41) is -1.79. The minimum absolute atomic E-state index is 0.273. The quantitative estimate of drug-likeness (QED) is 0.0875. The van der Waals surface area contributed by atoms with E-state index >= 15 is 0 Å². The van der Waals surface area contributed by atoms with Gasteiger partial charge in [-0.3, -0.25) is 9.11 Å². The SMILES string of the molecule is CC(CCN1C(=C/C=C2\CCCC(C=CC3=[N+](CCC(C)S(=O)(=O)O)c4ccccc4C3(C)C)=C2Sc2ccc(N)cc2)C(C)(C)c2ccccc21)S(=O)(=O)O. The lowest BCUT2D eigenvalue weighted by atomic mass is 9.81. The normalized spacial score (nSPS) is 20.6. The van der Waals surface area contributed by atoms with Crippen molar-refractivity contribution >= 4 is 54.8 Å². The van der Waals surface area contributed by atoms with E-state index in [9.17, 15) is 25.9 Å². The summed E-state index contributed by atoms with van der Waals surface area (Å²) in [4.78, 5) is 4.42. The van der Waals surface area contributed by atoms with Crippen molar-refractivity contribution in [1.29, 1.82) is 0 Å². The highest BCUT2D eigenvalue weighted by atomic mass is 32.2. The summed E-state index contributed by atoms with van der Waals surface area (Å²) in [7, 11) is -8.33. The first kappa shape index (κ1) is 41.7. The summed E-state index contributed by atoms with van der Waals surface area (Å²) in [5.74, 6) is 0. The highest BCUT2D eigenvalue weighted by molar-refractivity contribution is 8.03. The molecule has 3 aromatic carbocycles. The fourth-order valence-electron chi connectivity index (χ4n) is 8.05. The molecule has 2 aliphatic heterocycles. The Balaban J connectivity index is 1.44. The number of hydrogen-bond acceptors (Lipinski definition) is 7. The lowest BCUT2D eigenvalue weighted by Crippen LogP contribution is -2.30. The summed E-state index contributed by atoms with van der Waals surface area (Å²) < 4.78 is 69.5. The zero-order valence-electron chi connectivity index (χ0n) is 33.1. The molecule has 0 bridgehead atoms. The average molecular weight is 817 g/mol. The fourth-order valence-corrected chi connectivity index (χ4v) is 9.96. The van der Waals surface area contributed by atoms with Gasteiger partial charge >= 0.3 is 0 Å². The molecule has 298 valence electrons. The number of rotatable bonds is 13. The average Bonchev–Trinajstić information content (AvgIpc) is 3.49. The smallest absolute Gasteiger partial charge is 0.267 e. The lowest BCUT2D eigenvalue weighted by molar-refractivity contribution is -0.438. The molecule has 6 rings (SSSR count). The summed E-state index contributed by atoms with van der Waals surface area (Å²) in [6.45, 7) is 12.7. The van der Waals surface area contributed by atoms with Gasteiger partial charge in [0.1, 0.15) is 0 Å². The molecule has 0 spiro atoms. The number of thioether (sulfide) groups is 1. The van der Waals surface area contributed by atoms with E-state index in [4.69, 9.17) is 5.73 Å². The molecule has 0 radical (unpaired) electrons. The van der Waals surface area contributed by atoms with Crippen LogP contribution in [0.2, 0.25) is 0 Å². The molecule has 12 heteroatoms. The van der Waals surface area contributed by atoms with Crippen LogP contribution < -0.4 is 10.6 Å². The molecule has 3 aromatic rings. The van der Waals surface area contributed by atoms with Crippen molar-refractivity contribution in [1.82, 2.24) is 0 Å². The van der Waals surface area contributed by atoms with E-state index in [2.05, 4.69) is 85.7 Å². The summed E-state index contributed by atoms with van der Waals surface area (Å²) in [5.41, 5.74) is 15.0. The Kier molecular flexibility index (Phi) is 12.0. The maximum Gasteiger partial charge on any atom is 0.267 e. The molecule has 9 nitrogen and oxygen atoms in total. The van der Waals surface area contributed by atoms with Gasteiger partial charge in [0.2, 0.25) is 5.69 Å². The van der Waals surface area contributed by atoms with Crippen molar-refractivity contribution in [3.63, 3.8) is 0 Å². The molecule has 0 fully saturated rings. The molecular weight excluding hydrogens is 763 g/mol. The van der Waals surface area contributed by atoms with Crippen molar-refractivity contribution in [3.8, 4) is 0 Å². The molecule has 3 aliphatic rings. The Labute approximate surface area is 337 Å². The van der Waals surface area contributed by atoms with Gasteiger partial charge in [-0.05, 0) is 106 Å². The number of nitrogens with two attached hydrogens (primary N) is 1. The van der Waals surface area contributed by atoms with Gasteiger partial charge in [0.05, 0.1) is 15.9 Å². The van der Waals surface area contributed by atoms with E-state index in [1.54, 1.807) is 25.6 Å². The van der Waals surface area contributed by atoms with Crippen molar-refractivity contribution in [2.45, 2.75) is 99.9 Å². The van der Waals surface area contributed by atoms with E-state index < -0.39 is 30.7 Å². The van der Waals surface area contributed by atoms with Gasteiger partial charge in [-0.15, -0.1) is 0 Å². The monoisotopic (exact) mass is 816 g/mol. The zero-order valence-corrected chi connectivity index (χ0v) is 35.5. The number of nitrogens with zero attached hydrogens (tertiary/aromatic N) is 2. The van der Waals surface area contributed by atoms with Crippen LogP contribution in [0.3, 0.4) is 0 Å². The Hall–Kier alpha value is -3.94. The number of fused-ring (bicyclic) bond motifs is 2. The highest BCUT2D eigenvalue weighted by Crippen LogP contribution is 2.49. The van der Waals surface area contributed by atoms with Crippen LogP contribution >= 0.6 is 11.8 Å². The molecule has 56 heavy (non-hydrogen) atoms. The van der Waals surface area contributed by atoms with Gasteiger partial charge in [0.15, 0.2) is 12.3 Å². The first-order valence-corrected chi connectivity index (χ1v) is 23.0. The Morgan fingerprint density at radius 1 is 0.804 bits per heavy atom. The molecule has 2 heterocycles.